The average molecular weight is 336 g/mol. The molecule has 6 heteroatoms. The summed E-state index contributed by atoms with van der Waals surface area (Å²) in [6.45, 7) is 0. The van der Waals surface area contributed by atoms with Crippen molar-refractivity contribution >= 4 is 49.9 Å². The van der Waals surface area contributed by atoms with Crippen molar-refractivity contribution in [3.8, 4) is 0 Å². The molecule has 0 fully saturated rings. The molecule has 94 valence electrons. The Bertz CT molecular complexity index is 742. The molecule has 1 aromatic carbocycles. The maximum Gasteiger partial charge on any atom is 0.149 e. The number of halogens is 2. The molecule has 2 aromatic heterocycles. The third kappa shape index (κ3) is 2.39. The molecule has 19 heavy (non-hydrogen) atoms. The summed E-state index contributed by atoms with van der Waals surface area (Å²) in [7, 11) is 0. The Morgan fingerprint density at radius 3 is 2.79 bits per heavy atom. The van der Waals surface area contributed by atoms with E-state index in [9.17, 15) is 0 Å². The van der Waals surface area contributed by atoms with Crippen molar-refractivity contribution in [1.29, 1.82) is 0 Å². The number of para-hydroxylation sites is 1. The number of pyridine rings is 1. The first kappa shape index (κ1) is 12.3. The Hall–Kier alpha value is -1.72. The average Bonchev–Trinajstić information content (AvgIpc) is 2.44. The van der Waals surface area contributed by atoms with Crippen LogP contribution in [-0.4, -0.2) is 15.0 Å². The second-order valence-corrected chi connectivity index (χ2v) is 4.98. The molecule has 0 amide bonds. The van der Waals surface area contributed by atoms with E-state index in [0.29, 0.717) is 15.4 Å². The Balaban J connectivity index is 2.09. The van der Waals surface area contributed by atoms with Gasteiger partial charge in [0, 0.05) is 11.6 Å². The molecule has 0 aliphatic carbocycles. The fourth-order valence-electron chi connectivity index (χ4n) is 1.77. The van der Waals surface area contributed by atoms with Gasteiger partial charge in [-0.1, -0.05) is 29.8 Å². The molecule has 0 atom stereocenters. The third-order valence-corrected chi connectivity index (χ3v) is 3.90. The normalized spacial score (nSPS) is 10.6. The highest BCUT2D eigenvalue weighted by Crippen LogP contribution is 2.30. The smallest absolute Gasteiger partial charge is 0.149 e. The van der Waals surface area contributed by atoms with Gasteiger partial charge in [0.05, 0.1) is 15.7 Å². The van der Waals surface area contributed by atoms with Crippen LogP contribution in [0.25, 0.3) is 10.9 Å². The number of benzene rings is 1. The summed E-state index contributed by atoms with van der Waals surface area (Å²) in [5.74, 6) is 0.609. The van der Waals surface area contributed by atoms with Crippen LogP contribution in [0.1, 0.15) is 0 Å². The molecule has 0 saturated heterocycles. The van der Waals surface area contributed by atoms with E-state index in [2.05, 4.69) is 36.2 Å². The maximum absolute atomic E-state index is 5.94. The van der Waals surface area contributed by atoms with Gasteiger partial charge in [-0.2, -0.15) is 0 Å². The van der Waals surface area contributed by atoms with E-state index in [0.717, 1.165) is 16.6 Å². The quantitative estimate of drug-likeness (QED) is 0.714. The number of fused-ring (bicyclic) bond motifs is 1. The standard InChI is InChI=1S/C13H8BrClN4/c14-10-12(15)17-7-18-13(10)19-9-5-1-3-8-4-2-6-16-11(8)9/h1-7H,(H,17,18,19). The van der Waals surface area contributed by atoms with Crippen LogP contribution < -0.4 is 5.32 Å². The highest BCUT2D eigenvalue weighted by atomic mass is 79.9. The summed E-state index contributed by atoms with van der Waals surface area (Å²) in [6.07, 6.45) is 3.17. The summed E-state index contributed by atoms with van der Waals surface area (Å²) in [5, 5.41) is 4.64. The van der Waals surface area contributed by atoms with Crippen LogP contribution >= 0.6 is 27.5 Å². The monoisotopic (exact) mass is 334 g/mol. The van der Waals surface area contributed by atoms with E-state index in [-0.39, 0.29) is 0 Å². The zero-order valence-corrected chi connectivity index (χ0v) is 12.0. The molecule has 0 bridgehead atoms. The van der Waals surface area contributed by atoms with Crippen LogP contribution in [-0.2, 0) is 0 Å². The molecule has 0 spiro atoms. The van der Waals surface area contributed by atoms with Crippen LogP contribution in [0.2, 0.25) is 5.15 Å². The van der Waals surface area contributed by atoms with Crippen molar-refractivity contribution in [2.24, 2.45) is 0 Å². The van der Waals surface area contributed by atoms with Crippen molar-refractivity contribution < 1.29 is 0 Å². The van der Waals surface area contributed by atoms with Crippen molar-refractivity contribution in [2.75, 3.05) is 5.32 Å². The topological polar surface area (TPSA) is 50.7 Å². The highest BCUT2D eigenvalue weighted by molar-refractivity contribution is 9.10. The summed E-state index contributed by atoms with van der Waals surface area (Å²) in [5.41, 5.74) is 1.75. The van der Waals surface area contributed by atoms with Gasteiger partial charge in [-0.3, -0.25) is 4.98 Å². The number of nitrogens with one attached hydrogen (secondary N) is 1. The second kappa shape index (κ2) is 5.11. The van der Waals surface area contributed by atoms with Gasteiger partial charge >= 0.3 is 0 Å². The number of aromatic nitrogens is 3. The van der Waals surface area contributed by atoms with Gasteiger partial charge < -0.3 is 5.32 Å². The molecule has 4 nitrogen and oxygen atoms in total. The molecule has 0 unspecified atom stereocenters. The van der Waals surface area contributed by atoms with E-state index in [1.165, 1.54) is 6.33 Å². The van der Waals surface area contributed by atoms with Gasteiger partial charge in [-0.15, -0.1) is 0 Å². The minimum Gasteiger partial charge on any atom is -0.337 e. The Morgan fingerprint density at radius 1 is 1.05 bits per heavy atom. The summed E-state index contributed by atoms with van der Waals surface area (Å²) < 4.78 is 0.629. The lowest BCUT2D eigenvalue weighted by Gasteiger charge is -2.09. The van der Waals surface area contributed by atoms with E-state index in [1.54, 1.807) is 6.20 Å². The number of nitrogens with zero attached hydrogens (tertiary/aromatic N) is 3. The van der Waals surface area contributed by atoms with Gasteiger partial charge in [0.2, 0.25) is 0 Å². The Morgan fingerprint density at radius 2 is 1.89 bits per heavy atom. The van der Waals surface area contributed by atoms with Crippen molar-refractivity contribution in [3.05, 3.63) is 52.5 Å². The van der Waals surface area contributed by atoms with Crippen LogP contribution in [0.15, 0.2) is 47.3 Å². The van der Waals surface area contributed by atoms with Crippen molar-refractivity contribution in [3.63, 3.8) is 0 Å². The maximum atomic E-state index is 5.94. The molecular formula is C13H8BrClN4. The lowest BCUT2D eigenvalue weighted by Crippen LogP contribution is -1.97. The van der Waals surface area contributed by atoms with Crippen LogP contribution in [0.5, 0.6) is 0 Å². The first-order valence-corrected chi connectivity index (χ1v) is 6.69. The number of rotatable bonds is 2. The van der Waals surface area contributed by atoms with Crippen LogP contribution in [0.4, 0.5) is 11.5 Å². The fraction of sp³-hybridized carbons (Fsp3) is 0. The Kier molecular flexibility index (Phi) is 3.31. The Labute approximate surface area is 123 Å². The number of hydrogen-bond donors (Lipinski definition) is 1. The fourth-order valence-corrected chi connectivity index (χ4v) is 2.21. The summed E-state index contributed by atoms with van der Waals surface area (Å²) in [6, 6.07) is 9.83. The van der Waals surface area contributed by atoms with E-state index >= 15 is 0 Å². The predicted molar refractivity (Wildman–Crippen MR) is 79.8 cm³/mol. The van der Waals surface area contributed by atoms with Gasteiger partial charge in [-0.25, -0.2) is 9.97 Å². The van der Waals surface area contributed by atoms with Crippen LogP contribution in [0, 0.1) is 0 Å². The molecule has 3 rings (SSSR count). The van der Waals surface area contributed by atoms with Crippen molar-refractivity contribution in [1.82, 2.24) is 15.0 Å². The van der Waals surface area contributed by atoms with Gasteiger partial charge in [0.1, 0.15) is 17.3 Å². The third-order valence-electron chi connectivity index (χ3n) is 2.63. The van der Waals surface area contributed by atoms with Crippen molar-refractivity contribution in [2.45, 2.75) is 0 Å². The first-order chi connectivity index (χ1) is 9.25. The summed E-state index contributed by atoms with van der Waals surface area (Å²) in [4.78, 5) is 12.4. The lowest BCUT2D eigenvalue weighted by molar-refractivity contribution is 1.15. The molecule has 0 radical (unpaired) electrons. The van der Waals surface area contributed by atoms with Gasteiger partial charge in [-0.05, 0) is 28.1 Å². The minimum atomic E-state index is 0.366. The molecule has 0 aliphatic rings. The minimum absolute atomic E-state index is 0.366. The predicted octanol–water partition coefficient (Wildman–Crippen LogP) is 4.18. The van der Waals surface area contributed by atoms with E-state index < -0.39 is 0 Å². The second-order valence-electron chi connectivity index (χ2n) is 3.83. The highest BCUT2D eigenvalue weighted by Gasteiger charge is 2.08. The van der Waals surface area contributed by atoms with Crippen LogP contribution in [0.3, 0.4) is 0 Å². The summed E-state index contributed by atoms with van der Waals surface area (Å²) >= 11 is 9.31. The SMILES string of the molecule is Clc1ncnc(Nc2cccc3cccnc23)c1Br. The molecule has 0 saturated carbocycles. The molecule has 2 heterocycles. The lowest BCUT2D eigenvalue weighted by atomic mass is 10.2. The zero-order valence-electron chi connectivity index (χ0n) is 9.64. The molecule has 1 N–H and O–H groups in total. The largest absolute Gasteiger partial charge is 0.337 e. The number of hydrogen-bond acceptors (Lipinski definition) is 4. The molecular weight excluding hydrogens is 328 g/mol. The van der Waals surface area contributed by atoms with E-state index in [4.69, 9.17) is 11.6 Å². The first-order valence-electron chi connectivity index (χ1n) is 5.52. The van der Waals surface area contributed by atoms with Gasteiger partial charge in [0.15, 0.2) is 0 Å². The van der Waals surface area contributed by atoms with E-state index in [1.807, 2.05) is 30.3 Å². The number of anilines is 2. The molecule has 3 aromatic rings. The van der Waals surface area contributed by atoms with Gasteiger partial charge in [0.25, 0.3) is 0 Å². The molecule has 0 aliphatic heterocycles. The zero-order chi connectivity index (χ0) is 13.2.